The van der Waals surface area contributed by atoms with Crippen molar-refractivity contribution in [3.63, 3.8) is 0 Å². The predicted molar refractivity (Wildman–Crippen MR) is 83.0 cm³/mol. The van der Waals surface area contributed by atoms with Gasteiger partial charge in [-0.3, -0.25) is 4.79 Å². The zero-order chi connectivity index (χ0) is 14.2. The topological polar surface area (TPSA) is 41.1 Å². The average molecular weight is 284 g/mol. The van der Waals surface area contributed by atoms with Crippen LogP contribution in [0.1, 0.15) is 36.8 Å². The summed E-state index contributed by atoms with van der Waals surface area (Å²) in [7, 11) is 0. The summed E-state index contributed by atoms with van der Waals surface area (Å²) < 4.78 is 0. The molecule has 2 aliphatic carbocycles. The van der Waals surface area contributed by atoms with Crippen LogP contribution in [-0.4, -0.2) is 24.5 Å². The first-order valence-electron chi connectivity index (χ1n) is 8.39. The molecule has 2 bridgehead atoms. The Morgan fingerprint density at radius 1 is 1.00 bits per heavy atom. The van der Waals surface area contributed by atoms with E-state index in [0.717, 1.165) is 24.8 Å². The van der Waals surface area contributed by atoms with Crippen molar-refractivity contribution in [1.82, 2.24) is 10.6 Å². The number of nitrogens with one attached hydrogen (secondary N) is 2. The number of hydrogen-bond acceptors (Lipinski definition) is 2. The molecule has 4 rings (SSSR count). The van der Waals surface area contributed by atoms with Gasteiger partial charge in [-0.25, -0.2) is 0 Å². The van der Waals surface area contributed by atoms with Crippen LogP contribution in [0.15, 0.2) is 24.3 Å². The van der Waals surface area contributed by atoms with E-state index in [2.05, 4.69) is 34.9 Å². The molecule has 3 unspecified atom stereocenters. The third-order valence-corrected chi connectivity index (χ3v) is 5.70. The number of piperidine rings is 1. The minimum atomic E-state index is 0.212. The molecule has 21 heavy (non-hydrogen) atoms. The average Bonchev–Trinajstić information content (AvgIpc) is 2.76. The fraction of sp³-hybridized carbons (Fsp3) is 0.611. The summed E-state index contributed by atoms with van der Waals surface area (Å²) >= 11 is 0. The molecule has 3 heteroatoms. The Hall–Kier alpha value is -1.35. The smallest absolute Gasteiger partial charge is 0.220 e. The molecule has 1 saturated carbocycles. The van der Waals surface area contributed by atoms with Gasteiger partial charge in [-0.1, -0.05) is 24.3 Å². The van der Waals surface area contributed by atoms with Crippen molar-refractivity contribution in [2.45, 2.75) is 50.6 Å². The third kappa shape index (κ3) is 2.59. The van der Waals surface area contributed by atoms with Gasteiger partial charge in [-0.2, -0.15) is 0 Å². The fourth-order valence-electron chi connectivity index (χ4n) is 4.57. The van der Waals surface area contributed by atoms with Crippen LogP contribution in [0.2, 0.25) is 0 Å². The summed E-state index contributed by atoms with van der Waals surface area (Å²) in [6, 6.07) is 10.1. The van der Waals surface area contributed by atoms with Crippen LogP contribution in [0, 0.1) is 11.8 Å². The second kappa shape index (κ2) is 5.45. The zero-order valence-electron chi connectivity index (χ0n) is 12.5. The Morgan fingerprint density at radius 3 is 2.24 bits per heavy atom. The first-order valence-corrected chi connectivity index (χ1v) is 8.39. The van der Waals surface area contributed by atoms with Gasteiger partial charge in [0.2, 0.25) is 5.91 Å². The Morgan fingerprint density at radius 2 is 1.67 bits per heavy atom. The van der Waals surface area contributed by atoms with E-state index in [9.17, 15) is 4.79 Å². The lowest BCUT2D eigenvalue weighted by Crippen LogP contribution is -2.51. The Bertz CT molecular complexity index is 499. The van der Waals surface area contributed by atoms with E-state index in [1.165, 1.54) is 25.7 Å². The molecule has 1 aliphatic heterocycles. The molecule has 3 nitrogen and oxygen atoms in total. The molecule has 1 saturated heterocycles. The van der Waals surface area contributed by atoms with E-state index >= 15 is 0 Å². The molecule has 2 N–H and O–H groups in total. The highest BCUT2D eigenvalue weighted by molar-refractivity contribution is 5.76. The zero-order valence-corrected chi connectivity index (χ0v) is 12.5. The standard InChI is InChI=1S/C18H24N2O/c21-17-8-7-16(11-19-17)20-18-14-5-6-15(18)10-13-4-2-1-3-12(13)9-14/h1-4,14-16,18,20H,5-11H2,(H,19,21). The maximum absolute atomic E-state index is 11.3. The highest BCUT2D eigenvalue weighted by Crippen LogP contribution is 2.40. The first kappa shape index (κ1) is 13.3. The van der Waals surface area contributed by atoms with Crippen LogP contribution < -0.4 is 10.6 Å². The second-order valence-corrected chi connectivity index (χ2v) is 7.01. The van der Waals surface area contributed by atoms with Crippen molar-refractivity contribution in [1.29, 1.82) is 0 Å². The molecular weight excluding hydrogens is 260 g/mol. The molecule has 0 spiro atoms. The van der Waals surface area contributed by atoms with Gasteiger partial charge in [-0.15, -0.1) is 0 Å². The normalized spacial score (nSPS) is 35.0. The van der Waals surface area contributed by atoms with Crippen LogP contribution >= 0.6 is 0 Å². The van der Waals surface area contributed by atoms with E-state index < -0.39 is 0 Å². The van der Waals surface area contributed by atoms with E-state index in [0.29, 0.717) is 18.5 Å². The minimum absolute atomic E-state index is 0.212. The lowest BCUT2D eigenvalue weighted by atomic mass is 9.93. The molecule has 0 radical (unpaired) electrons. The van der Waals surface area contributed by atoms with Crippen molar-refractivity contribution >= 4 is 5.91 Å². The van der Waals surface area contributed by atoms with E-state index in [4.69, 9.17) is 0 Å². The minimum Gasteiger partial charge on any atom is -0.355 e. The highest BCUT2D eigenvalue weighted by Gasteiger charge is 2.39. The molecule has 1 aromatic rings. The summed E-state index contributed by atoms with van der Waals surface area (Å²) in [4.78, 5) is 11.3. The van der Waals surface area contributed by atoms with Crippen molar-refractivity contribution in [2.75, 3.05) is 6.54 Å². The molecule has 1 heterocycles. The molecule has 112 valence electrons. The first-order chi connectivity index (χ1) is 10.3. The fourth-order valence-corrected chi connectivity index (χ4v) is 4.57. The Kier molecular flexibility index (Phi) is 3.46. The van der Waals surface area contributed by atoms with Crippen LogP contribution in [-0.2, 0) is 17.6 Å². The van der Waals surface area contributed by atoms with E-state index in [1.54, 1.807) is 11.1 Å². The van der Waals surface area contributed by atoms with Crippen molar-refractivity contribution in [2.24, 2.45) is 11.8 Å². The number of benzene rings is 1. The van der Waals surface area contributed by atoms with Crippen molar-refractivity contribution in [3.8, 4) is 0 Å². The quantitative estimate of drug-likeness (QED) is 0.872. The molecule has 1 aromatic carbocycles. The van der Waals surface area contributed by atoms with Crippen LogP contribution in [0.4, 0.5) is 0 Å². The molecule has 3 atom stereocenters. The maximum atomic E-state index is 11.3. The van der Waals surface area contributed by atoms with Gasteiger partial charge in [-0.05, 0) is 55.1 Å². The second-order valence-electron chi connectivity index (χ2n) is 7.01. The summed E-state index contributed by atoms with van der Waals surface area (Å²) in [5.74, 6) is 1.76. The molecule has 2 fully saturated rings. The number of hydrogen-bond donors (Lipinski definition) is 2. The Labute approximate surface area is 126 Å². The van der Waals surface area contributed by atoms with Gasteiger partial charge in [0.25, 0.3) is 0 Å². The SMILES string of the molecule is O=C1CCC(NC2C3CCC2Cc2ccccc2C3)CN1. The number of carbonyl (C=O) groups excluding carboxylic acids is 1. The van der Waals surface area contributed by atoms with Gasteiger partial charge in [0.1, 0.15) is 0 Å². The van der Waals surface area contributed by atoms with Crippen molar-refractivity contribution in [3.05, 3.63) is 35.4 Å². The maximum Gasteiger partial charge on any atom is 0.220 e. The van der Waals surface area contributed by atoms with Gasteiger partial charge in [0.15, 0.2) is 0 Å². The summed E-state index contributed by atoms with van der Waals surface area (Å²) in [6.07, 6.45) is 6.84. The van der Waals surface area contributed by atoms with E-state index in [-0.39, 0.29) is 5.91 Å². The predicted octanol–water partition coefficient (Wildman–Crippen LogP) is 2.05. The Balaban J connectivity index is 1.49. The van der Waals surface area contributed by atoms with Crippen LogP contribution in [0.5, 0.6) is 0 Å². The summed E-state index contributed by atoms with van der Waals surface area (Å²) in [6.45, 7) is 0.807. The van der Waals surface area contributed by atoms with Crippen molar-refractivity contribution < 1.29 is 4.79 Å². The van der Waals surface area contributed by atoms with Crippen LogP contribution in [0.25, 0.3) is 0 Å². The van der Waals surface area contributed by atoms with Gasteiger partial charge >= 0.3 is 0 Å². The number of fused-ring (bicyclic) bond motifs is 3. The summed E-state index contributed by atoms with van der Waals surface area (Å²) in [5, 5.41) is 6.90. The number of amides is 1. The number of rotatable bonds is 2. The molecule has 0 aromatic heterocycles. The summed E-state index contributed by atoms with van der Waals surface area (Å²) in [5.41, 5.74) is 3.13. The van der Waals surface area contributed by atoms with Gasteiger partial charge < -0.3 is 10.6 Å². The van der Waals surface area contributed by atoms with Gasteiger partial charge in [0, 0.05) is 25.0 Å². The molecular formula is C18H24N2O. The molecule has 1 amide bonds. The van der Waals surface area contributed by atoms with Gasteiger partial charge in [0.05, 0.1) is 0 Å². The largest absolute Gasteiger partial charge is 0.355 e. The van der Waals surface area contributed by atoms with Crippen LogP contribution in [0.3, 0.4) is 0 Å². The van der Waals surface area contributed by atoms with E-state index in [1.807, 2.05) is 0 Å². The highest BCUT2D eigenvalue weighted by atomic mass is 16.1. The third-order valence-electron chi connectivity index (χ3n) is 5.70. The molecule has 3 aliphatic rings. The monoisotopic (exact) mass is 284 g/mol. The lowest BCUT2D eigenvalue weighted by molar-refractivity contribution is -0.122. The number of carbonyl (C=O) groups is 1. The lowest BCUT2D eigenvalue weighted by Gasteiger charge is -2.31.